The average Bonchev–Trinajstić information content (AvgIpc) is 3.77. The predicted octanol–water partition coefficient (Wildman–Crippen LogP) is 6.44. The Kier molecular flexibility index (Phi) is 7.47. The summed E-state index contributed by atoms with van der Waals surface area (Å²) in [6.07, 6.45) is 3.75. The molecule has 4 atom stereocenters. The Balaban J connectivity index is 1.17. The Morgan fingerprint density at radius 2 is 1.72 bits per heavy atom. The van der Waals surface area contributed by atoms with Gasteiger partial charge in [0, 0.05) is 16.2 Å². The summed E-state index contributed by atoms with van der Waals surface area (Å²) >= 11 is 1.54. The third-order valence-corrected chi connectivity index (χ3v) is 10.1. The Morgan fingerprint density at radius 1 is 0.930 bits per heavy atom. The second-order valence-electron chi connectivity index (χ2n) is 11.6. The number of carbonyl (C=O) groups excluding carboxylic acids is 2. The zero-order valence-electron chi connectivity index (χ0n) is 23.7. The maximum Gasteiger partial charge on any atom is 0.234 e. The van der Waals surface area contributed by atoms with Gasteiger partial charge in [-0.2, -0.15) is 0 Å². The first-order chi connectivity index (χ1) is 21.0. The molecular formula is C36H33NO5S. The first kappa shape index (κ1) is 27.8. The molecule has 3 heterocycles. The van der Waals surface area contributed by atoms with Gasteiger partial charge in [-0.3, -0.25) is 14.5 Å². The van der Waals surface area contributed by atoms with Crippen LogP contribution < -0.4 is 0 Å². The SMILES string of the molecule is O=C1[C@@H]2[C@@H](CC(CO)=C3[C@@H](CC/C(=C/c4ccc(O)c5ccccc45)c4ccccc4)OC[C@@H]32)C(=O)N1Cc1cccs1. The van der Waals surface area contributed by atoms with Gasteiger partial charge in [0.2, 0.25) is 11.8 Å². The van der Waals surface area contributed by atoms with Crippen molar-refractivity contribution in [2.75, 3.05) is 13.2 Å². The number of imide groups is 1. The number of allylic oxidation sites excluding steroid dienone is 1. The number of fused-ring (bicyclic) bond motifs is 4. The van der Waals surface area contributed by atoms with Gasteiger partial charge in [-0.05, 0) is 70.0 Å². The van der Waals surface area contributed by atoms with Crippen LogP contribution in [0.25, 0.3) is 22.4 Å². The van der Waals surface area contributed by atoms with Crippen molar-refractivity contribution in [3.05, 3.63) is 111 Å². The fourth-order valence-corrected chi connectivity index (χ4v) is 7.95. The molecule has 0 unspecified atom stereocenters. The van der Waals surface area contributed by atoms with Crippen molar-refractivity contribution in [1.82, 2.24) is 4.90 Å². The van der Waals surface area contributed by atoms with Crippen molar-refractivity contribution in [3.63, 3.8) is 0 Å². The molecule has 0 radical (unpaired) electrons. The number of aliphatic hydroxyl groups excluding tert-OH is 1. The van der Waals surface area contributed by atoms with Crippen LogP contribution in [-0.4, -0.2) is 46.2 Å². The van der Waals surface area contributed by atoms with Crippen LogP contribution in [0, 0.1) is 17.8 Å². The largest absolute Gasteiger partial charge is 0.507 e. The second-order valence-corrected chi connectivity index (χ2v) is 12.6. The van der Waals surface area contributed by atoms with E-state index in [-0.39, 0.29) is 36.2 Å². The normalized spacial score (nSPS) is 23.7. The van der Waals surface area contributed by atoms with Crippen molar-refractivity contribution >= 4 is 45.6 Å². The highest BCUT2D eigenvalue weighted by molar-refractivity contribution is 7.09. The van der Waals surface area contributed by atoms with Crippen LogP contribution in [0.15, 0.2) is 95.4 Å². The molecule has 2 fully saturated rings. The molecule has 0 bridgehead atoms. The van der Waals surface area contributed by atoms with Crippen LogP contribution in [0.3, 0.4) is 0 Å². The van der Waals surface area contributed by atoms with Crippen molar-refractivity contribution in [2.24, 2.45) is 17.8 Å². The Hall–Kier alpha value is -4.04. The number of hydrogen-bond acceptors (Lipinski definition) is 6. The summed E-state index contributed by atoms with van der Waals surface area (Å²) in [4.78, 5) is 29.5. The van der Waals surface area contributed by atoms with E-state index < -0.39 is 11.8 Å². The molecule has 6 nitrogen and oxygen atoms in total. The molecule has 2 amide bonds. The van der Waals surface area contributed by atoms with E-state index in [4.69, 9.17) is 4.74 Å². The lowest BCUT2D eigenvalue weighted by molar-refractivity contribution is -0.140. The quantitative estimate of drug-likeness (QED) is 0.140. The number of ether oxygens (including phenoxy) is 1. The maximum absolute atomic E-state index is 13.6. The van der Waals surface area contributed by atoms with Crippen LogP contribution in [0.4, 0.5) is 0 Å². The number of carbonyl (C=O) groups is 2. The van der Waals surface area contributed by atoms with E-state index >= 15 is 0 Å². The number of benzene rings is 3. The second kappa shape index (κ2) is 11.6. The van der Waals surface area contributed by atoms with E-state index in [2.05, 4.69) is 18.2 Å². The summed E-state index contributed by atoms with van der Waals surface area (Å²) in [5.41, 5.74) is 5.13. The highest BCUT2D eigenvalue weighted by Gasteiger charge is 2.56. The maximum atomic E-state index is 13.6. The van der Waals surface area contributed by atoms with Gasteiger partial charge in [0.05, 0.1) is 37.7 Å². The third-order valence-electron chi connectivity index (χ3n) is 9.27. The molecular weight excluding hydrogens is 558 g/mol. The fourth-order valence-electron chi connectivity index (χ4n) is 7.26. The van der Waals surface area contributed by atoms with E-state index in [1.807, 2.05) is 66.0 Å². The lowest BCUT2D eigenvalue weighted by Crippen LogP contribution is -2.34. The molecule has 4 aromatic rings. The number of rotatable bonds is 8. The highest BCUT2D eigenvalue weighted by atomic mass is 32.1. The lowest BCUT2D eigenvalue weighted by atomic mass is 9.69. The number of phenols is 1. The van der Waals surface area contributed by atoms with E-state index in [0.29, 0.717) is 32.4 Å². The molecule has 1 aromatic heterocycles. The standard InChI is InChI=1S/C36H33NO5S/c38-20-25-18-29-34(36(41)37(35(29)40)19-26-9-6-16-43-26)30-21-42-32(33(25)30)15-13-23(22-7-2-1-3-8-22)17-24-12-14-31(39)28-11-5-4-10-27(24)28/h1-12,14,16-17,29-30,32,34,38-39H,13,15,18-21H2/b23-17-/t29-,30+,32-,34-/m1/s1. The Bertz CT molecular complexity index is 1740. The van der Waals surface area contributed by atoms with Gasteiger partial charge >= 0.3 is 0 Å². The molecule has 1 aliphatic carbocycles. The fraction of sp³-hybridized carbons (Fsp3) is 0.278. The van der Waals surface area contributed by atoms with Crippen molar-refractivity contribution in [3.8, 4) is 5.75 Å². The summed E-state index contributed by atoms with van der Waals surface area (Å²) in [5, 5.41) is 24.6. The van der Waals surface area contributed by atoms with Gasteiger partial charge in [-0.25, -0.2) is 0 Å². The van der Waals surface area contributed by atoms with Crippen molar-refractivity contribution < 1.29 is 24.5 Å². The van der Waals surface area contributed by atoms with E-state index in [0.717, 1.165) is 43.5 Å². The number of thiophene rings is 1. The molecule has 7 heteroatoms. The number of phenolic OH excluding ortho intramolecular Hbond substituents is 1. The van der Waals surface area contributed by atoms with Crippen LogP contribution in [0.2, 0.25) is 0 Å². The molecule has 3 aliphatic rings. The van der Waals surface area contributed by atoms with Crippen LogP contribution in [0.5, 0.6) is 5.75 Å². The predicted molar refractivity (Wildman–Crippen MR) is 168 cm³/mol. The van der Waals surface area contributed by atoms with Crippen LogP contribution in [0.1, 0.15) is 35.3 Å². The van der Waals surface area contributed by atoms with Crippen LogP contribution in [-0.2, 0) is 20.9 Å². The minimum absolute atomic E-state index is 0.115. The summed E-state index contributed by atoms with van der Waals surface area (Å²) in [7, 11) is 0. The summed E-state index contributed by atoms with van der Waals surface area (Å²) in [6, 6.07) is 25.7. The number of nitrogens with zero attached hydrogens (tertiary/aromatic N) is 1. The zero-order chi connectivity index (χ0) is 29.5. The first-order valence-electron chi connectivity index (χ1n) is 14.8. The smallest absolute Gasteiger partial charge is 0.234 e. The molecule has 2 N–H and O–H groups in total. The summed E-state index contributed by atoms with van der Waals surface area (Å²) < 4.78 is 6.38. The van der Waals surface area contributed by atoms with Gasteiger partial charge in [0.25, 0.3) is 0 Å². The van der Waals surface area contributed by atoms with Crippen molar-refractivity contribution in [2.45, 2.75) is 31.9 Å². The summed E-state index contributed by atoms with van der Waals surface area (Å²) in [6.45, 7) is 0.548. The molecule has 0 saturated carbocycles. The molecule has 2 saturated heterocycles. The topological polar surface area (TPSA) is 87.1 Å². The van der Waals surface area contributed by atoms with Gasteiger partial charge < -0.3 is 14.9 Å². The van der Waals surface area contributed by atoms with Gasteiger partial charge in [-0.15, -0.1) is 11.3 Å². The number of aromatic hydroxyl groups is 1. The zero-order valence-corrected chi connectivity index (χ0v) is 24.5. The number of likely N-dealkylation sites (tertiary alicyclic amines) is 1. The molecule has 218 valence electrons. The van der Waals surface area contributed by atoms with E-state index in [1.165, 1.54) is 4.90 Å². The van der Waals surface area contributed by atoms with Crippen LogP contribution >= 0.6 is 11.3 Å². The number of hydrogen-bond donors (Lipinski definition) is 2. The molecule has 0 spiro atoms. The minimum Gasteiger partial charge on any atom is -0.507 e. The van der Waals surface area contributed by atoms with E-state index in [9.17, 15) is 19.8 Å². The molecule has 2 aliphatic heterocycles. The average molecular weight is 592 g/mol. The van der Waals surface area contributed by atoms with Crippen molar-refractivity contribution in [1.29, 1.82) is 0 Å². The number of aliphatic hydroxyl groups is 1. The van der Waals surface area contributed by atoms with Gasteiger partial charge in [0.15, 0.2) is 0 Å². The Labute approximate surface area is 254 Å². The molecule has 7 rings (SSSR count). The first-order valence-corrected chi connectivity index (χ1v) is 15.7. The highest BCUT2D eigenvalue weighted by Crippen LogP contribution is 2.50. The van der Waals surface area contributed by atoms with Gasteiger partial charge in [-0.1, -0.05) is 72.8 Å². The minimum atomic E-state index is -0.437. The Morgan fingerprint density at radius 3 is 2.49 bits per heavy atom. The van der Waals surface area contributed by atoms with Gasteiger partial charge in [0.1, 0.15) is 5.75 Å². The monoisotopic (exact) mass is 591 g/mol. The third kappa shape index (κ3) is 5.01. The summed E-state index contributed by atoms with van der Waals surface area (Å²) in [5.74, 6) is -1.06. The molecule has 43 heavy (non-hydrogen) atoms. The molecule has 3 aromatic carbocycles. The lowest BCUT2D eigenvalue weighted by Gasteiger charge is -2.31. The van der Waals surface area contributed by atoms with E-state index in [1.54, 1.807) is 17.4 Å². The number of amides is 2.